The molecule has 1 aliphatic carbocycles. The minimum atomic E-state index is -0.731. The highest BCUT2D eigenvalue weighted by Gasteiger charge is 2.15. The average molecular weight is 451 g/mol. The Balaban J connectivity index is 1.51. The molecular weight excluding hydrogens is 410 g/mol. The Kier molecular flexibility index (Phi) is 10.4. The van der Waals surface area contributed by atoms with Gasteiger partial charge in [-0.15, -0.1) is 0 Å². The zero-order valence-electron chi connectivity index (χ0n) is 20.5. The molecule has 0 aliphatic heterocycles. The zero-order chi connectivity index (χ0) is 23.5. The number of hydrogen-bond donors (Lipinski definition) is 0. The molecular formula is C31H40F2. The Labute approximate surface area is 199 Å². The summed E-state index contributed by atoms with van der Waals surface area (Å²) in [5.74, 6) is -0.844. The molecule has 1 atom stereocenters. The van der Waals surface area contributed by atoms with Crippen LogP contribution in [0.25, 0.3) is 11.1 Å². The molecule has 178 valence electrons. The lowest BCUT2D eigenvalue weighted by molar-refractivity contribution is 0.501. The fraction of sp³-hybridized carbons (Fsp3) is 0.484. The SMILES string of the molecule is CCCCCC1=CCC(/C=C/CCc2ccc(-c3ccc(CCCC)cc3)c(F)c2F)CC1. The Hall–Kier alpha value is -2.22. The number of halogens is 2. The minimum absolute atomic E-state index is 0.345. The van der Waals surface area contributed by atoms with Crippen LogP contribution in [-0.4, -0.2) is 0 Å². The predicted molar refractivity (Wildman–Crippen MR) is 137 cm³/mol. The largest absolute Gasteiger partial charge is 0.203 e. The highest BCUT2D eigenvalue weighted by Crippen LogP contribution is 2.29. The minimum Gasteiger partial charge on any atom is -0.203 e. The Morgan fingerprint density at radius 2 is 1.64 bits per heavy atom. The number of aryl methyl sites for hydroxylation is 2. The van der Waals surface area contributed by atoms with Gasteiger partial charge in [-0.3, -0.25) is 0 Å². The lowest BCUT2D eigenvalue weighted by atomic mass is 9.87. The van der Waals surface area contributed by atoms with E-state index in [0.717, 1.165) is 37.7 Å². The molecule has 0 fully saturated rings. The van der Waals surface area contributed by atoms with E-state index in [1.807, 2.05) is 24.3 Å². The number of hydrogen-bond acceptors (Lipinski definition) is 0. The fourth-order valence-electron chi connectivity index (χ4n) is 4.68. The van der Waals surface area contributed by atoms with Crippen molar-refractivity contribution in [2.45, 2.75) is 90.9 Å². The van der Waals surface area contributed by atoms with Gasteiger partial charge in [0.1, 0.15) is 0 Å². The molecule has 0 N–H and O–H groups in total. The highest BCUT2D eigenvalue weighted by atomic mass is 19.2. The third-order valence-corrected chi connectivity index (χ3v) is 6.88. The van der Waals surface area contributed by atoms with E-state index in [2.05, 4.69) is 32.1 Å². The first-order valence-electron chi connectivity index (χ1n) is 13.0. The van der Waals surface area contributed by atoms with Crippen molar-refractivity contribution in [3.63, 3.8) is 0 Å². The summed E-state index contributed by atoms with van der Waals surface area (Å²) >= 11 is 0. The van der Waals surface area contributed by atoms with Gasteiger partial charge < -0.3 is 0 Å². The van der Waals surface area contributed by atoms with Crippen molar-refractivity contribution >= 4 is 0 Å². The third-order valence-electron chi connectivity index (χ3n) is 6.88. The molecule has 0 saturated heterocycles. The van der Waals surface area contributed by atoms with Gasteiger partial charge in [0, 0.05) is 5.56 Å². The molecule has 0 aromatic heterocycles. The molecule has 2 heteroatoms. The lowest BCUT2D eigenvalue weighted by Gasteiger charge is -2.19. The fourth-order valence-corrected chi connectivity index (χ4v) is 4.68. The van der Waals surface area contributed by atoms with Gasteiger partial charge in [0.15, 0.2) is 11.6 Å². The summed E-state index contributed by atoms with van der Waals surface area (Å²) in [4.78, 5) is 0. The van der Waals surface area contributed by atoms with Crippen molar-refractivity contribution in [1.29, 1.82) is 0 Å². The van der Waals surface area contributed by atoms with Crippen LogP contribution in [0.4, 0.5) is 8.78 Å². The topological polar surface area (TPSA) is 0 Å². The summed E-state index contributed by atoms with van der Waals surface area (Å²) in [6, 6.07) is 11.3. The summed E-state index contributed by atoms with van der Waals surface area (Å²) < 4.78 is 29.5. The predicted octanol–water partition coefficient (Wildman–Crippen LogP) is 9.77. The van der Waals surface area contributed by atoms with Crippen LogP contribution in [0.5, 0.6) is 0 Å². The van der Waals surface area contributed by atoms with Gasteiger partial charge in [-0.25, -0.2) is 8.78 Å². The maximum Gasteiger partial charge on any atom is 0.166 e. The molecule has 33 heavy (non-hydrogen) atoms. The van der Waals surface area contributed by atoms with Crippen molar-refractivity contribution < 1.29 is 8.78 Å². The maximum absolute atomic E-state index is 14.8. The van der Waals surface area contributed by atoms with Crippen LogP contribution < -0.4 is 0 Å². The Morgan fingerprint density at radius 3 is 2.33 bits per heavy atom. The summed E-state index contributed by atoms with van der Waals surface area (Å²) in [6.07, 6.45) is 20.2. The third kappa shape index (κ3) is 7.66. The summed E-state index contributed by atoms with van der Waals surface area (Å²) in [6.45, 7) is 4.42. The van der Waals surface area contributed by atoms with E-state index in [-0.39, 0.29) is 0 Å². The molecule has 0 radical (unpaired) electrons. The Morgan fingerprint density at radius 1 is 0.848 bits per heavy atom. The van der Waals surface area contributed by atoms with Gasteiger partial charge in [0.2, 0.25) is 0 Å². The number of allylic oxidation sites excluding steroid dienone is 4. The van der Waals surface area contributed by atoms with E-state index in [0.29, 0.717) is 23.5 Å². The maximum atomic E-state index is 14.8. The normalized spacial score (nSPS) is 16.4. The summed E-state index contributed by atoms with van der Waals surface area (Å²) in [7, 11) is 0. The van der Waals surface area contributed by atoms with Crippen LogP contribution in [0.2, 0.25) is 0 Å². The second-order valence-corrected chi connectivity index (χ2v) is 9.52. The van der Waals surface area contributed by atoms with Crippen molar-refractivity contribution in [3.05, 3.63) is 83.0 Å². The van der Waals surface area contributed by atoms with E-state index in [9.17, 15) is 8.78 Å². The zero-order valence-corrected chi connectivity index (χ0v) is 20.5. The van der Waals surface area contributed by atoms with Gasteiger partial charge in [-0.05, 0) is 80.4 Å². The standard InChI is InChI=1S/C31H40F2/c1-3-5-7-11-25-14-16-26(17-15-25)12-8-9-13-28-22-23-29(31(33)30(28)32)27-20-18-24(19-21-27)10-6-4-2/h8,12,14,18-23,26H,3-7,9-11,13,15-17H2,1-2H3/b12-8+. The quantitative estimate of drug-likeness (QED) is 0.223. The van der Waals surface area contributed by atoms with Crippen LogP contribution in [-0.2, 0) is 12.8 Å². The second-order valence-electron chi connectivity index (χ2n) is 9.52. The van der Waals surface area contributed by atoms with Crippen molar-refractivity contribution in [1.82, 2.24) is 0 Å². The first kappa shape index (κ1) is 25.4. The lowest BCUT2D eigenvalue weighted by Crippen LogP contribution is -2.03. The molecule has 2 aromatic carbocycles. The molecule has 0 amide bonds. The summed E-state index contributed by atoms with van der Waals surface area (Å²) in [5, 5.41) is 0. The second kappa shape index (κ2) is 13.5. The van der Waals surface area contributed by atoms with Crippen molar-refractivity contribution in [3.8, 4) is 11.1 Å². The molecule has 3 rings (SSSR count). The van der Waals surface area contributed by atoms with Crippen LogP contribution in [0, 0.1) is 17.6 Å². The molecule has 1 unspecified atom stereocenters. The first-order valence-corrected chi connectivity index (χ1v) is 13.0. The van der Waals surface area contributed by atoms with E-state index in [4.69, 9.17) is 0 Å². The van der Waals surface area contributed by atoms with E-state index < -0.39 is 11.6 Å². The van der Waals surface area contributed by atoms with Gasteiger partial charge >= 0.3 is 0 Å². The Bertz CT molecular complexity index is 921. The van der Waals surface area contributed by atoms with Gasteiger partial charge in [0.25, 0.3) is 0 Å². The molecule has 0 heterocycles. The molecule has 0 spiro atoms. The number of rotatable bonds is 12. The summed E-state index contributed by atoms with van der Waals surface area (Å²) in [5.41, 5.74) is 4.41. The van der Waals surface area contributed by atoms with Crippen LogP contribution >= 0.6 is 0 Å². The molecule has 0 nitrogen and oxygen atoms in total. The monoisotopic (exact) mass is 450 g/mol. The van der Waals surface area contributed by atoms with E-state index >= 15 is 0 Å². The van der Waals surface area contributed by atoms with Gasteiger partial charge in [0.05, 0.1) is 0 Å². The molecule has 2 aromatic rings. The number of unbranched alkanes of at least 4 members (excludes halogenated alkanes) is 3. The van der Waals surface area contributed by atoms with E-state index in [1.165, 1.54) is 44.1 Å². The van der Waals surface area contributed by atoms with Crippen LogP contribution in [0.1, 0.15) is 89.2 Å². The smallest absolute Gasteiger partial charge is 0.166 e. The van der Waals surface area contributed by atoms with Gasteiger partial charge in [-0.2, -0.15) is 0 Å². The highest BCUT2D eigenvalue weighted by molar-refractivity contribution is 5.65. The first-order chi connectivity index (χ1) is 16.1. The number of benzene rings is 2. The van der Waals surface area contributed by atoms with Crippen molar-refractivity contribution in [2.75, 3.05) is 0 Å². The molecule has 1 aliphatic rings. The van der Waals surface area contributed by atoms with E-state index in [1.54, 1.807) is 17.7 Å². The van der Waals surface area contributed by atoms with Crippen LogP contribution in [0.15, 0.2) is 60.2 Å². The molecule has 0 saturated carbocycles. The van der Waals surface area contributed by atoms with Gasteiger partial charge in [-0.1, -0.05) is 93.3 Å². The van der Waals surface area contributed by atoms with Crippen LogP contribution in [0.3, 0.4) is 0 Å². The molecule has 0 bridgehead atoms. The average Bonchev–Trinajstić information content (AvgIpc) is 2.84. The van der Waals surface area contributed by atoms with Crippen molar-refractivity contribution in [2.24, 2.45) is 5.92 Å².